The van der Waals surface area contributed by atoms with Crippen molar-refractivity contribution in [3.63, 3.8) is 0 Å². The van der Waals surface area contributed by atoms with Crippen LogP contribution in [0, 0.1) is 0 Å². The summed E-state index contributed by atoms with van der Waals surface area (Å²) >= 11 is 0. The zero-order valence-electron chi connectivity index (χ0n) is 20.7. The minimum atomic E-state index is -0.181. The van der Waals surface area contributed by atoms with E-state index < -0.39 is 0 Å². The van der Waals surface area contributed by atoms with Gasteiger partial charge in [-0.2, -0.15) is 0 Å². The van der Waals surface area contributed by atoms with Crippen LogP contribution in [0.4, 0.5) is 0 Å². The van der Waals surface area contributed by atoms with Crippen molar-refractivity contribution < 1.29 is 14.2 Å². The fourth-order valence-corrected chi connectivity index (χ4v) is 4.61. The van der Waals surface area contributed by atoms with Crippen LogP contribution >= 0.6 is 0 Å². The molecule has 0 atom stereocenters. The van der Waals surface area contributed by atoms with Crippen molar-refractivity contribution in [3.05, 3.63) is 89.2 Å². The number of aromatic nitrogens is 1. The van der Waals surface area contributed by atoms with E-state index in [4.69, 9.17) is 19.2 Å². The van der Waals surface area contributed by atoms with Gasteiger partial charge in [-0.1, -0.05) is 18.2 Å². The summed E-state index contributed by atoms with van der Waals surface area (Å²) in [7, 11) is 1.69. The third kappa shape index (κ3) is 5.40. The lowest BCUT2D eigenvalue weighted by atomic mass is 9.94. The number of rotatable bonds is 7. The highest BCUT2D eigenvalue weighted by molar-refractivity contribution is 5.97. The van der Waals surface area contributed by atoms with Gasteiger partial charge in [-0.05, 0) is 104 Å². The van der Waals surface area contributed by atoms with E-state index in [0.717, 1.165) is 52.2 Å². The first kappa shape index (κ1) is 23.2. The molecular formula is C30H32N2O3. The van der Waals surface area contributed by atoms with Gasteiger partial charge in [0.05, 0.1) is 18.8 Å². The van der Waals surface area contributed by atoms with E-state index in [9.17, 15) is 0 Å². The molecule has 2 heterocycles. The molecule has 180 valence electrons. The van der Waals surface area contributed by atoms with Crippen molar-refractivity contribution in [2.75, 3.05) is 13.7 Å². The summed E-state index contributed by atoms with van der Waals surface area (Å²) in [6.07, 6.45) is 10.7. The zero-order chi connectivity index (χ0) is 24.3. The molecule has 1 aliphatic carbocycles. The Labute approximate surface area is 207 Å². The Morgan fingerprint density at radius 1 is 0.943 bits per heavy atom. The Kier molecular flexibility index (Phi) is 6.58. The highest BCUT2D eigenvalue weighted by atomic mass is 16.5. The third-order valence-corrected chi connectivity index (χ3v) is 6.50. The van der Waals surface area contributed by atoms with Crippen molar-refractivity contribution >= 4 is 17.5 Å². The van der Waals surface area contributed by atoms with E-state index >= 15 is 0 Å². The molecule has 3 aromatic rings. The molecule has 1 aromatic heterocycles. The lowest BCUT2D eigenvalue weighted by molar-refractivity contribution is 0.201. The van der Waals surface area contributed by atoms with Crippen LogP contribution in [0.3, 0.4) is 0 Å². The van der Waals surface area contributed by atoms with Gasteiger partial charge in [0.15, 0.2) is 11.5 Å². The van der Waals surface area contributed by atoms with E-state index in [0.29, 0.717) is 12.5 Å². The molecule has 0 saturated heterocycles. The van der Waals surface area contributed by atoms with Crippen molar-refractivity contribution in [3.8, 4) is 11.5 Å². The standard InChI is InChI=1S/C30H32N2O3/c1-30(2)20-34-29(32-30)23-10-8-22(9-11-23)26(18-21-14-16-31-17-15-21)24-12-13-27(33-3)28(19-24)35-25-6-4-5-7-25/h8-19,25H,4-7,20H2,1-3H3/b26-18+. The number of methoxy groups -OCH3 is 1. The number of benzene rings is 2. The molecule has 0 spiro atoms. The van der Waals surface area contributed by atoms with Crippen LogP contribution in [0.1, 0.15) is 61.8 Å². The van der Waals surface area contributed by atoms with Crippen LogP contribution in [0.15, 0.2) is 72.0 Å². The molecule has 5 rings (SSSR count). The fourth-order valence-electron chi connectivity index (χ4n) is 4.61. The van der Waals surface area contributed by atoms with Crippen molar-refractivity contribution in [2.45, 2.75) is 51.2 Å². The normalized spacial score (nSPS) is 17.7. The van der Waals surface area contributed by atoms with Crippen molar-refractivity contribution in [2.24, 2.45) is 4.99 Å². The molecule has 0 unspecified atom stereocenters. The molecule has 0 radical (unpaired) electrons. The molecule has 1 aliphatic heterocycles. The van der Waals surface area contributed by atoms with Gasteiger partial charge in [-0.25, -0.2) is 4.99 Å². The van der Waals surface area contributed by atoms with Gasteiger partial charge < -0.3 is 14.2 Å². The van der Waals surface area contributed by atoms with Crippen LogP contribution in [-0.4, -0.2) is 36.2 Å². The lowest BCUT2D eigenvalue weighted by Crippen LogP contribution is -2.17. The predicted molar refractivity (Wildman–Crippen MR) is 140 cm³/mol. The Morgan fingerprint density at radius 3 is 2.31 bits per heavy atom. The van der Waals surface area contributed by atoms with Gasteiger partial charge in [0.2, 0.25) is 5.90 Å². The van der Waals surface area contributed by atoms with Crippen LogP contribution in [0.2, 0.25) is 0 Å². The Balaban J connectivity index is 1.53. The van der Waals surface area contributed by atoms with Crippen molar-refractivity contribution in [1.82, 2.24) is 4.98 Å². The Hall–Kier alpha value is -3.60. The average molecular weight is 469 g/mol. The number of aliphatic imine (C=N–C) groups is 1. The molecule has 1 saturated carbocycles. The molecule has 1 fully saturated rings. The largest absolute Gasteiger partial charge is 0.493 e. The number of hydrogen-bond donors (Lipinski definition) is 0. The maximum Gasteiger partial charge on any atom is 0.216 e. The first-order valence-electron chi connectivity index (χ1n) is 12.3. The van der Waals surface area contributed by atoms with Crippen LogP contribution in [0.25, 0.3) is 11.6 Å². The number of pyridine rings is 1. The monoisotopic (exact) mass is 468 g/mol. The van der Waals surface area contributed by atoms with Gasteiger partial charge in [-0.15, -0.1) is 0 Å². The molecule has 0 N–H and O–H groups in total. The quantitative estimate of drug-likeness (QED) is 0.394. The number of nitrogens with zero attached hydrogens (tertiary/aromatic N) is 2. The summed E-state index contributed by atoms with van der Waals surface area (Å²) in [5, 5.41) is 0. The van der Waals surface area contributed by atoms with Gasteiger partial charge in [0, 0.05) is 18.0 Å². The molecule has 2 aliphatic rings. The minimum Gasteiger partial charge on any atom is -0.493 e. The van der Waals surface area contributed by atoms with Crippen molar-refractivity contribution in [1.29, 1.82) is 0 Å². The van der Waals surface area contributed by atoms with Gasteiger partial charge in [0.25, 0.3) is 0 Å². The SMILES string of the molecule is COc1ccc(/C(=C/c2ccncc2)c2ccc(C3=NC(C)(C)CO3)cc2)cc1OC1CCCC1. The van der Waals surface area contributed by atoms with E-state index in [1.807, 2.05) is 30.6 Å². The van der Waals surface area contributed by atoms with E-state index in [2.05, 4.69) is 61.3 Å². The second kappa shape index (κ2) is 9.95. The second-order valence-electron chi connectivity index (χ2n) is 9.82. The molecule has 0 amide bonds. The molecule has 2 aromatic carbocycles. The number of hydrogen-bond acceptors (Lipinski definition) is 5. The Morgan fingerprint density at radius 2 is 1.66 bits per heavy atom. The first-order valence-corrected chi connectivity index (χ1v) is 12.3. The summed E-state index contributed by atoms with van der Waals surface area (Å²) in [5.74, 6) is 2.27. The predicted octanol–water partition coefficient (Wildman–Crippen LogP) is 6.56. The topological polar surface area (TPSA) is 52.9 Å². The third-order valence-electron chi connectivity index (χ3n) is 6.50. The summed E-state index contributed by atoms with van der Waals surface area (Å²) < 4.78 is 17.8. The highest BCUT2D eigenvalue weighted by Gasteiger charge is 2.27. The molecule has 5 nitrogen and oxygen atoms in total. The second-order valence-corrected chi connectivity index (χ2v) is 9.82. The lowest BCUT2D eigenvalue weighted by Gasteiger charge is -2.18. The minimum absolute atomic E-state index is 0.181. The van der Waals surface area contributed by atoms with Gasteiger partial charge in [-0.3, -0.25) is 4.98 Å². The molecule has 35 heavy (non-hydrogen) atoms. The van der Waals surface area contributed by atoms with Gasteiger partial charge in [0.1, 0.15) is 6.61 Å². The number of ether oxygens (including phenoxy) is 3. The zero-order valence-corrected chi connectivity index (χ0v) is 20.7. The summed E-state index contributed by atoms with van der Waals surface area (Å²) in [6, 6.07) is 18.6. The van der Waals surface area contributed by atoms with Crippen LogP contribution < -0.4 is 9.47 Å². The molecule has 0 bridgehead atoms. The van der Waals surface area contributed by atoms with E-state index in [1.54, 1.807) is 7.11 Å². The maximum absolute atomic E-state index is 6.39. The van der Waals surface area contributed by atoms with Gasteiger partial charge >= 0.3 is 0 Å². The van der Waals surface area contributed by atoms with E-state index in [-0.39, 0.29) is 11.6 Å². The highest BCUT2D eigenvalue weighted by Crippen LogP contribution is 2.36. The maximum atomic E-state index is 6.39. The Bertz CT molecular complexity index is 1220. The molecule has 5 heteroatoms. The fraction of sp³-hybridized carbons (Fsp3) is 0.333. The van der Waals surface area contributed by atoms with Crippen LogP contribution in [0.5, 0.6) is 11.5 Å². The average Bonchev–Trinajstić information content (AvgIpc) is 3.52. The molecular weight excluding hydrogens is 436 g/mol. The first-order chi connectivity index (χ1) is 17.0. The smallest absolute Gasteiger partial charge is 0.216 e. The summed E-state index contributed by atoms with van der Waals surface area (Å²) in [4.78, 5) is 8.88. The van der Waals surface area contributed by atoms with Crippen LogP contribution in [-0.2, 0) is 4.74 Å². The van der Waals surface area contributed by atoms with E-state index in [1.165, 1.54) is 12.8 Å². The summed E-state index contributed by atoms with van der Waals surface area (Å²) in [6.45, 7) is 4.77. The summed E-state index contributed by atoms with van der Waals surface area (Å²) in [5.41, 5.74) is 5.15.